The molecule has 39 heteroatoms. The van der Waals surface area contributed by atoms with Gasteiger partial charge in [-0.25, -0.2) is 28.4 Å². The van der Waals surface area contributed by atoms with Gasteiger partial charge in [-0.3, -0.25) is 38.2 Å². The first-order chi connectivity index (χ1) is 69.5. The number of carbonyl (C=O) groups is 6. The highest BCUT2D eigenvalue weighted by Crippen LogP contribution is 2.48. The molecule has 0 radical (unpaired) electrons. The van der Waals surface area contributed by atoms with E-state index in [1.807, 2.05) is 137 Å². The molecule has 11 heterocycles. The summed E-state index contributed by atoms with van der Waals surface area (Å²) in [5, 5.41) is 45.0. The molecular formula is C107H146N26O12S. The maximum Gasteiger partial charge on any atom is 0.251 e. The minimum atomic E-state index is -3.28. The van der Waals surface area contributed by atoms with Gasteiger partial charge in [0.05, 0.1) is 108 Å². The summed E-state index contributed by atoms with van der Waals surface area (Å²) in [5.74, 6) is 5.53. The normalized spacial score (nSPS) is 19.2. The fraction of sp³-hybridized carbons (Fsp3) is 0.542. The van der Waals surface area contributed by atoms with Crippen LogP contribution in [0.25, 0.3) is 11.3 Å². The number of hydrogen-bond acceptors (Lipinski definition) is 30. The van der Waals surface area contributed by atoms with Crippen molar-refractivity contribution in [2.75, 3.05) is 172 Å². The molecule has 146 heavy (non-hydrogen) atoms. The third-order valence-corrected chi connectivity index (χ3v) is 31.3. The van der Waals surface area contributed by atoms with Gasteiger partial charge in [-0.15, -0.1) is 0 Å². The predicted molar refractivity (Wildman–Crippen MR) is 573 cm³/mol. The summed E-state index contributed by atoms with van der Waals surface area (Å²) in [6.45, 7) is 28.4. The Hall–Kier alpha value is -13.1. The predicted octanol–water partition coefficient (Wildman–Crippen LogP) is 15.1. The van der Waals surface area contributed by atoms with Crippen molar-refractivity contribution in [1.29, 1.82) is 0 Å². The fourth-order valence-electron chi connectivity index (χ4n) is 21.9. The van der Waals surface area contributed by atoms with Crippen LogP contribution in [0.4, 0.5) is 98.3 Å². The number of H-pyrrole nitrogens is 1. The number of likely N-dealkylation sites (tertiary alicyclic amines) is 1. The number of aliphatic hydroxyl groups is 2. The molecule has 4 saturated carbocycles. The maximum atomic E-state index is 13.3. The van der Waals surface area contributed by atoms with E-state index in [-0.39, 0.29) is 35.6 Å². The number of rotatable bonds is 24. The van der Waals surface area contributed by atoms with Crippen molar-refractivity contribution in [3.05, 3.63) is 133 Å². The summed E-state index contributed by atoms with van der Waals surface area (Å²) >= 11 is 0. The van der Waals surface area contributed by atoms with Gasteiger partial charge in [0.25, 0.3) is 11.8 Å². The SMILES string of the molecule is CCOc1cc(C(=O)NC2CCN(C(C)C)CC2)ccc1Nc1ncc2c(n1)N(C1CCCC1)CC(C)(C)C(=O)N2C.CN1C(=O)C(C)(C)CN(C2CCCC2)c2nc(Nc3ccc4c(c3)CCN4S(C)(=O)=O)ncc21.CN1C(=O)C(C)(C)CN(C2CCCC2)c2nc(Nc3cccc(-c4ccn[nH]4)c3)ncc21.COc1cc(C(=O)NC(C)(CO)CO)ccc1Nc1ncc2c(n1)N(C1CCCC1)CC(C)(C)C(=O)N2C. The molecule has 5 aromatic heterocycles. The highest BCUT2D eigenvalue weighted by atomic mass is 32.2. The topological polar surface area (TPSA) is 432 Å². The molecule has 782 valence electrons. The van der Waals surface area contributed by atoms with Crippen LogP contribution < -0.4 is 84.9 Å². The molecule has 0 atom stereocenters. The monoisotopic (exact) mass is 2020 g/mol. The van der Waals surface area contributed by atoms with Crippen molar-refractivity contribution in [3.8, 4) is 22.8 Å². The van der Waals surface area contributed by atoms with Gasteiger partial charge in [0.1, 0.15) is 34.2 Å². The average molecular weight is 2020 g/mol. The largest absolute Gasteiger partial charge is 0.495 e. The molecule has 1 saturated heterocycles. The van der Waals surface area contributed by atoms with Crippen LogP contribution in [0.3, 0.4) is 0 Å². The van der Waals surface area contributed by atoms with Gasteiger partial charge >= 0.3 is 0 Å². The molecule has 19 rings (SSSR count). The molecule has 6 amide bonds. The van der Waals surface area contributed by atoms with Crippen LogP contribution in [0, 0.1) is 21.7 Å². The number of aliphatic hydroxyl groups excluding tert-OH is 2. The number of sulfonamides is 1. The zero-order chi connectivity index (χ0) is 104. The van der Waals surface area contributed by atoms with E-state index >= 15 is 0 Å². The number of hydrogen-bond donors (Lipinski definition) is 9. The van der Waals surface area contributed by atoms with Crippen LogP contribution in [-0.2, 0) is 35.6 Å². The van der Waals surface area contributed by atoms with Crippen LogP contribution in [-0.4, -0.2) is 258 Å². The first kappa shape index (κ1) is 106. The zero-order valence-electron chi connectivity index (χ0n) is 87.8. The number of nitrogens with one attached hydrogen (secondary N) is 7. The zero-order valence-corrected chi connectivity index (χ0v) is 88.6. The molecule has 9 aromatic rings. The van der Waals surface area contributed by atoms with E-state index < -0.39 is 56.3 Å². The number of anilines is 17. The van der Waals surface area contributed by atoms with E-state index in [1.165, 1.54) is 56.2 Å². The lowest BCUT2D eigenvalue weighted by Gasteiger charge is -2.34. The summed E-state index contributed by atoms with van der Waals surface area (Å²) in [6, 6.07) is 28.1. The number of carbonyl (C=O) groups excluding carboxylic acids is 6. The number of fused-ring (bicyclic) bond motifs is 5. The first-order valence-electron chi connectivity index (χ1n) is 51.6. The molecule has 4 aromatic carbocycles. The molecule has 5 fully saturated rings. The molecular weight excluding hydrogens is 1870 g/mol. The molecule has 9 N–H and O–H groups in total. The van der Waals surface area contributed by atoms with Crippen LogP contribution in [0.5, 0.6) is 11.5 Å². The van der Waals surface area contributed by atoms with Crippen LogP contribution >= 0.6 is 0 Å². The van der Waals surface area contributed by atoms with E-state index in [1.54, 1.807) is 95.9 Å². The number of ether oxygens (including phenoxy) is 2. The highest BCUT2D eigenvalue weighted by molar-refractivity contribution is 7.92. The number of aromatic nitrogens is 10. The smallest absolute Gasteiger partial charge is 0.251 e. The average Bonchev–Trinajstić information content (AvgIpc) is 1.62. The molecule has 4 aliphatic carbocycles. The number of aromatic amines is 1. The van der Waals surface area contributed by atoms with Gasteiger partial charge in [0.15, 0.2) is 23.3 Å². The quantitative estimate of drug-likeness (QED) is 0.0271. The molecule has 38 nitrogen and oxygen atoms in total. The second-order valence-electron chi connectivity index (χ2n) is 43.6. The van der Waals surface area contributed by atoms with Crippen molar-refractivity contribution in [2.45, 2.75) is 247 Å². The second-order valence-corrected chi connectivity index (χ2v) is 45.5. The molecule has 10 aliphatic rings. The van der Waals surface area contributed by atoms with Crippen molar-refractivity contribution >= 4 is 144 Å². The fourth-order valence-corrected chi connectivity index (χ4v) is 22.8. The van der Waals surface area contributed by atoms with Crippen molar-refractivity contribution in [1.82, 2.24) is 65.6 Å². The lowest BCUT2D eigenvalue weighted by molar-refractivity contribution is -0.126. The minimum absolute atomic E-state index is 0.0255. The Labute approximate surface area is 857 Å². The van der Waals surface area contributed by atoms with E-state index in [2.05, 4.69) is 100 Å². The summed E-state index contributed by atoms with van der Waals surface area (Å²) in [4.78, 5) is 135. The number of piperidine rings is 1. The van der Waals surface area contributed by atoms with Crippen molar-refractivity contribution in [2.24, 2.45) is 21.7 Å². The Bertz CT molecular complexity index is 6350. The third-order valence-electron chi connectivity index (χ3n) is 30.1. The number of methoxy groups -OCH3 is 1. The van der Waals surface area contributed by atoms with Gasteiger partial charge in [0.2, 0.25) is 57.4 Å². The summed E-state index contributed by atoms with van der Waals surface area (Å²) < 4.78 is 37.0. The molecule has 0 unspecified atom stereocenters. The molecule has 0 bridgehead atoms. The van der Waals surface area contributed by atoms with Gasteiger partial charge in [-0.05, 0) is 232 Å². The lowest BCUT2D eigenvalue weighted by Crippen LogP contribution is -2.51. The minimum Gasteiger partial charge on any atom is -0.495 e. The van der Waals surface area contributed by atoms with E-state index in [0.29, 0.717) is 139 Å². The number of amides is 6. The van der Waals surface area contributed by atoms with Crippen molar-refractivity contribution < 1.29 is 56.9 Å². The van der Waals surface area contributed by atoms with E-state index in [0.717, 1.165) is 164 Å². The number of benzene rings is 4. The first-order valence-corrected chi connectivity index (χ1v) is 53.4. The van der Waals surface area contributed by atoms with Crippen LogP contribution in [0.1, 0.15) is 225 Å². The van der Waals surface area contributed by atoms with Gasteiger partial charge in [-0.2, -0.15) is 25.0 Å². The third kappa shape index (κ3) is 23.3. The molecule has 0 spiro atoms. The Balaban J connectivity index is 0.000000140. The van der Waals surface area contributed by atoms with Crippen molar-refractivity contribution in [3.63, 3.8) is 0 Å². The highest BCUT2D eigenvalue weighted by Gasteiger charge is 2.48. The Morgan fingerprint density at radius 2 is 0.884 bits per heavy atom. The molecule has 6 aliphatic heterocycles. The summed E-state index contributed by atoms with van der Waals surface area (Å²) in [5.41, 5.74) is 7.08. The van der Waals surface area contributed by atoms with E-state index in [4.69, 9.17) is 29.4 Å². The second kappa shape index (κ2) is 43.9. The Morgan fingerprint density at radius 3 is 1.26 bits per heavy atom. The Kier molecular flexibility index (Phi) is 31.8. The number of nitrogens with zero attached hydrogens (tertiary/aromatic N) is 19. The van der Waals surface area contributed by atoms with Gasteiger partial charge in [-0.1, -0.05) is 63.5 Å². The maximum absolute atomic E-state index is 13.3. The summed E-state index contributed by atoms with van der Waals surface area (Å²) in [6.07, 6.45) is 30.7. The van der Waals surface area contributed by atoms with E-state index in [9.17, 15) is 47.4 Å². The van der Waals surface area contributed by atoms with Gasteiger partial charge < -0.3 is 95.7 Å². The Morgan fingerprint density at radius 1 is 0.493 bits per heavy atom. The summed E-state index contributed by atoms with van der Waals surface area (Å²) in [7, 11) is 5.41. The van der Waals surface area contributed by atoms with Crippen LogP contribution in [0.2, 0.25) is 0 Å². The van der Waals surface area contributed by atoms with Crippen LogP contribution in [0.15, 0.2) is 116 Å². The van der Waals surface area contributed by atoms with Gasteiger partial charge in [0, 0.05) is 145 Å². The lowest BCUT2D eigenvalue weighted by atomic mass is 9.91. The standard InChI is InChI=1S/C32H47N7O3.C27H38N6O5.C24H29N7O.C24H32N6O3S/c1-7-42-27-18-22(29(40)34-23-14-16-38(17-15-23)21(2)3)12-13-25(27)35-31-33-19-26-28(36-31)39(24-10-8-9-11-24)20-32(4,5)30(41)37(26)6;1-26(2)14-33(18-8-6-7-9-18)22-20(32(4)24(26)37)13-28-25(30-22)29-19-11-10-17(12-21(19)38-5)23(36)31-27(3,15-34)16-35;1-24(2)15-31(18-9-4-5-10-18)21-20(30(3)22(24)32)14-25-23(28-21)27-17-8-6-7-16(13-17)19-11-12-26-29-19;1-24(2)15-29(18-7-5-6-8-18)21-20(28(3)22(24)31)14-25-23(27-21)26-17-9-10-19-16(13-17)11-12-30(19)34(4,32)33/h12-13,18-19,21,23-24H,7-11,14-17,20H2,1-6H3,(H,34,40)(H,33,35,36);10-13,18,34-35H,6-9,14-16H2,1-5H3,(H,31,36)(H,28,29,30);6-8,11-14,18H,4-5,9-10,15H2,1-3H3,(H,26,29)(H,25,27,28);9-10,13-14,18H,5-8,11-12,15H2,1-4H3,(H,25,26,27).